The van der Waals surface area contributed by atoms with Crippen molar-refractivity contribution in [3.8, 4) is 0 Å². The molecule has 3 nitrogen and oxygen atoms in total. The van der Waals surface area contributed by atoms with Crippen LogP contribution in [0.4, 0.5) is 10.1 Å². The van der Waals surface area contributed by atoms with E-state index in [1.165, 1.54) is 12.1 Å². The van der Waals surface area contributed by atoms with Gasteiger partial charge in [0.15, 0.2) is 0 Å². The van der Waals surface area contributed by atoms with Crippen molar-refractivity contribution in [2.75, 3.05) is 5.73 Å². The van der Waals surface area contributed by atoms with Crippen molar-refractivity contribution < 1.29 is 4.39 Å². The predicted molar refractivity (Wildman–Crippen MR) is 72.9 cm³/mol. The third kappa shape index (κ3) is 3.26. The Hall–Kier alpha value is -1.49. The van der Waals surface area contributed by atoms with Gasteiger partial charge >= 0.3 is 0 Å². The lowest BCUT2D eigenvalue weighted by molar-refractivity contribution is 0.625. The molecular formula is C13H16FN3S. The molecule has 0 aliphatic heterocycles. The fraction of sp³-hybridized carbons (Fsp3) is 0.308. The van der Waals surface area contributed by atoms with E-state index in [9.17, 15) is 4.39 Å². The maximum atomic E-state index is 13.2. The second-order valence-electron chi connectivity index (χ2n) is 4.09. The van der Waals surface area contributed by atoms with Crippen molar-refractivity contribution in [1.82, 2.24) is 9.55 Å². The largest absolute Gasteiger partial charge is 0.399 e. The summed E-state index contributed by atoms with van der Waals surface area (Å²) in [5.74, 6) is 0.475. The number of nitrogens with two attached hydrogens (primary N) is 1. The number of anilines is 1. The Morgan fingerprint density at radius 3 is 2.94 bits per heavy atom. The summed E-state index contributed by atoms with van der Waals surface area (Å²) in [6.07, 6.45) is 4.76. The van der Waals surface area contributed by atoms with Gasteiger partial charge in [0.1, 0.15) is 5.82 Å². The third-order valence-corrected chi connectivity index (χ3v) is 3.55. The summed E-state index contributed by atoms with van der Waals surface area (Å²) < 4.78 is 15.3. The molecule has 5 heteroatoms. The Bertz CT molecular complexity index is 504. The fourth-order valence-electron chi connectivity index (χ4n) is 1.74. The molecule has 18 heavy (non-hydrogen) atoms. The number of nitrogens with zero attached hydrogens (tertiary/aromatic N) is 2. The summed E-state index contributed by atoms with van der Waals surface area (Å²) in [5.41, 5.74) is 7.22. The van der Waals surface area contributed by atoms with Gasteiger partial charge in [0.25, 0.3) is 0 Å². The maximum absolute atomic E-state index is 13.2. The van der Waals surface area contributed by atoms with E-state index in [0.29, 0.717) is 5.69 Å². The summed E-state index contributed by atoms with van der Waals surface area (Å²) in [5, 5.41) is 0. The Labute approximate surface area is 110 Å². The van der Waals surface area contributed by atoms with Gasteiger partial charge in [-0.05, 0) is 24.6 Å². The molecule has 96 valence electrons. The minimum atomic E-state index is -0.292. The predicted octanol–water partition coefficient (Wildman–Crippen LogP) is 3.31. The van der Waals surface area contributed by atoms with Crippen molar-refractivity contribution in [3.05, 3.63) is 42.2 Å². The number of halogens is 1. The van der Waals surface area contributed by atoms with Crippen LogP contribution in [0.1, 0.15) is 19.0 Å². The molecule has 0 fully saturated rings. The van der Waals surface area contributed by atoms with E-state index in [4.69, 9.17) is 5.73 Å². The number of hydrogen-bond acceptors (Lipinski definition) is 3. The van der Waals surface area contributed by atoms with Crippen LogP contribution in [0, 0.1) is 5.82 Å². The van der Waals surface area contributed by atoms with Crippen LogP contribution in [0.25, 0.3) is 0 Å². The van der Waals surface area contributed by atoms with E-state index in [-0.39, 0.29) is 5.82 Å². The summed E-state index contributed by atoms with van der Waals surface area (Å²) in [4.78, 5) is 4.98. The summed E-state index contributed by atoms with van der Waals surface area (Å²) >= 11 is 1.57. The molecule has 0 aliphatic rings. The summed E-state index contributed by atoms with van der Waals surface area (Å²) in [6.45, 7) is 3.09. The molecule has 0 saturated heterocycles. The fourth-order valence-corrected chi connectivity index (χ4v) is 2.71. The molecule has 0 saturated carbocycles. The number of imidazole rings is 1. The van der Waals surface area contributed by atoms with Gasteiger partial charge in [-0.15, -0.1) is 11.8 Å². The average Bonchev–Trinajstić information content (AvgIpc) is 2.73. The number of aryl methyl sites for hydroxylation is 1. The van der Waals surface area contributed by atoms with Gasteiger partial charge in [-0.25, -0.2) is 9.37 Å². The van der Waals surface area contributed by atoms with Crippen LogP contribution in [0.2, 0.25) is 0 Å². The maximum Gasteiger partial charge on any atom is 0.126 e. The van der Waals surface area contributed by atoms with Crippen LogP contribution < -0.4 is 5.73 Å². The first-order chi connectivity index (χ1) is 8.69. The average molecular weight is 265 g/mol. The molecule has 0 unspecified atom stereocenters. The monoisotopic (exact) mass is 265 g/mol. The van der Waals surface area contributed by atoms with Crippen LogP contribution in [-0.4, -0.2) is 9.55 Å². The van der Waals surface area contributed by atoms with Crippen LogP contribution in [0.15, 0.2) is 35.6 Å². The second-order valence-corrected chi connectivity index (χ2v) is 5.14. The molecule has 1 aromatic carbocycles. The lowest BCUT2D eigenvalue weighted by Crippen LogP contribution is -1.99. The highest BCUT2D eigenvalue weighted by Gasteiger charge is 2.04. The van der Waals surface area contributed by atoms with Gasteiger partial charge in [-0.1, -0.05) is 6.92 Å². The van der Waals surface area contributed by atoms with Gasteiger partial charge in [0.05, 0.1) is 6.33 Å². The first-order valence-electron chi connectivity index (χ1n) is 5.87. The van der Waals surface area contributed by atoms with E-state index >= 15 is 0 Å². The molecule has 0 bridgehead atoms. The van der Waals surface area contributed by atoms with Crippen LogP contribution in [0.5, 0.6) is 0 Å². The SMILES string of the molecule is CCCn1cncc1CSc1cc(N)cc(F)c1. The van der Waals surface area contributed by atoms with Gasteiger partial charge in [0.2, 0.25) is 0 Å². The number of hydrogen-bond donors (Lipinski definition) is 1. The Morgan fingerprint density at radius 1 is 1.39 bits per heavy atom. The molecular weight excluding hydrogens is 249 g/mol. The standard InChI is InChI=1S/C13H16FN3S/c1-2-3-17-9-16-7-12(17)8-18-13-5-10(14)4-11(15)6-13/h4-7,9H,2-3,8,15H2,1H3. The molecule has 2 rings (SSSR count). The summed E-state index contributed by atoms with van der Waals surface area (Å²) in [7, 11) is 0. The lowest BCUT2D eigenvalue weighted by atomic mass is 10.3. The van der Waals surface area contributed by atoms with Crippen molar-refractivity contribution in [2.24, 2.45) is 0 Å². The molecule has 2 N–H and O–H groups in total. The Balaban J connectivity index is 2.04. The quantitative estimate of drug-likeness (QED) is 0.666. The van der Waals surface area contributed by atoms with Crippen molar-refractivity contribution >= 4 is 17.4 Å². The Kier molecular flexibility index (Phi) is 4.25. The highest BCUT2D eigenvalue weighted by molar-refractivity contribution is 7.98. The molecule has 1 heterocycles. The lowest BCUT2D eigenvalue weighted by Gasteiger charge is -2.07. The zero-order valence-electron chi connectivity index (χ0n) is 10.3. The van der Waals surface area contributed by atoms with E-state index < -0.39 is 0 Å². The smallest absolute Gasteiger partial charge is 0.126 e. The van der Waals surface area contributed by atoms with Crippen LogP contribution >= 0.6 is 11.8 Å². The number of thioether (sulfide) groups is 1. The Morgan fingerprint density at radius 2 is 2.22 bits per heavy atom. The number of nitrogen functional groups attached to an aromatic ring is 1. The molecule has 1 aromatic heterocycles. The van der Waals surface area contributed by atoms with Crippen molar-refractivity contribution in [1.29, 1.82) is 0 Å². The molecule has 0 spiro atoms. The van der Waals surface area contributed by atoms with E-state index in [0.717, 1.165) is 29.3 Å². The topological polar surface area (TPSA) is 43.8 Å². The van der Waals surface area contributed by atoms with Gasteiger partial charge in [0, 0.05) is 34.8 Å². The first kappa shape index (κ1) is 13.0. The number of benzene rings is 1. The number of aromatic nitrogens is 2. The molecule has 0 aliphatic carbocycles. The zero-order chi connectivity index (χ0) is 13.0. The molecule has 0 amide bonds. The third-order valence-electron chi connectivity index (χ3n) is 2.54. The van der Waals surface area contributed by atoms with Crippen molar-refractivity contribution in [2.45, 2.75) is 30.5 Å². The second kappa shape index (κ2) is 5.91. The molecule has 0 atom stereocenters. The minimum absolute atomic E-state index is 0.292. The van der Waals surface area contributed by atoms with E-state index in [2.05, 4.69) is 16.5 Å². The molecule has 2 aromatic rings. The van der Waals surface area contributed by atoms with Crippen molar-refractivity contribution in [3.63, 3.8) is 0 Å². The van der Waals surface area contributed by atoms with E-state index in [1.54, 1.807) is 17.8 Å². The first-order valence-corrected chi connectivity index (χ1v) is 6.85. The van der Waals surface area contributed by atoms with Crippen LogP contribution in [0.3, 0.4) is 0 Å². The number of rotatable bonds is 5. The zero-order valence-corrected chi connectivity index (χ0v) is 11.1. The van der Waals surface area contributed by atoms with E-state index in [1.807, 2.05) is 12.5 Å². The molecule has 0 radical (unpaired) electrons. The van der Waals surface area contributed by atoms with Gasteiger partial charge < -0.3 is 10.3 Å². The minimum Gasteiger partial charge on any atom is -0.399 e. The highest BCUT2D eigenvalue weighted by Crippen LogP contribution is 2.25. The van der Waals surface area contributed by atoms with Crippen LogP contribution in [-0.2, 0) is 12.3 Å². The van der Waals surface area contributed by atoms with Gasteiger partial charge in [-0.2, -0.15) is 0 Å². The highest BCUT2D eigenvalue weighted by atomic mass is 32.2. The normalized spacial score (nSPS) is 10.8. The van der Waals surface area contributed by atoms with Gasteiger partial charge in [-0.3, -0.25) is 0 Å². The summed E-state index contributed by atoms with van der Waals surface area (Å²) in [6, 6.07) is 4.61.